The van der Waals surface area contributed by atoms with Crippen LogP contribution >= 0.6 is 11.8 Å². The summed E-state index contributed by atoms with van der Waals surface area (Å²) in [6, 6.07) is 7.39. The Balaban J connectivity index is 2.58. The van der Waals surface area contributed by atoms with Crippen LogP contribution in [-0.2, 0) is 14.8 Å². The predicted molar refractivity (Wildman–Crippen MR) is 89.1 cm³/mol. The normalized spacial score (nSPS) is 12.2. The Labute approximate surface area is 131 Å². The van der Waals surface area contributed by atoms with Crippen molar-refractivity contribution in [3.8, 4) is 0 Å². The number of nitrogens with zero attached hydrogens (tertiary/aromatic N) is 1. The molecule has 2 N–H and O–H groups in total. The molecule has 120 valence electrons. The molecule has 0 aliphatic carbocycles. The van der Waals surface area contributed by atoms with Crippen molar-refractivity contribution < 1.29 is 13.2 Å². The molecule has 0 atom stereocenters. The predicted octanol–water partition coefficient (Wildman–Crippen LogP) is 2.05. The third-order valence-corrected chi connectivity index (χ3v) is 6.21. The van der Waals surface area contributed by atoms with Gasteiger partial charge in [0.1, 0.15) is 0 Å². The third-order valence-electron chi connectivity index (χ3n) is 2.92. The number of ether oxygens (including phenoxy) is 1. The molecule has 0 heterocycles. The second-order valence-electron chi connectivity index (χ2n) is 4.93. The zero-order chi connectivity index (χ0) is 15.9. The molecule has 1 rings (SSSR count). The fourth-order valence-electron chi connectivity index (χ4n) is 1.89. The number of rotatable bonds is 9. The van der Waals surface area contributed by atoms with Gasteiger partial charge in [0.05, 0.1) is 12.4 Å². The van der Waals surface area contributed by atoms with Crippen LogP contribution in [0.1, 0.15) is 13.8 Å². The molecule has 1 aromatic carbocycles. The molecular formula is C14H24N2O3S2. The molecule has 0 aliphatic rings. The Kier molecular flexibility index (Phi) is 7.51. The number of sulfonamides is 1. The lowest BCUT2D eigenvalue weighted by Gasteiger charge is -2.25. The van der Waals surface area contributed by atoms with Crippen molar-refractivity contribution in [3.63, 3.8) is 0 Å². The Bertz CT molecular complexity index is 533. The first-order valence-electron chi connectivity index (χ1n) is 6.83. The molecule has 0 spiro atoms. The SMILES string of the molecule is COCCN(C(C)C)S(=O)(=O)CCSc1cccc(N)c1. The van der Waals surface area contributed by atoms with E-state index in [9.17, 15) is 8.42 Å². The number of benzene rings is 1. The average Bonchev–Trinajstić information content (AvgIpc) is 2.38. The topological polar surface area (TPSA) is 72.6 Å². The smallest absolute Gasteiger partial charge is 0.215 e. The molecule has 0 aromatic heterocycles. The van der Waals surface area contributed by atoms with Crippen LogP contribution in [0.2, 0.25) is 0 Å². The molecule has 0 saturated carbocycles. The van der Waals surface area contributed by atoms with Gasteiger partial charge >= 0.3 is 0 Å². The average molecular weight is 332 g/mol. The lowest BCUT2D eigenvalue weighted by Crippen LogP contribution is -2.41. The van der Waals surface area contributed by atoms with Crippen molar-refractivity contribution in [1.82, 2.24) is 4.31 Å². The van der Waals surface area contributed by atoms with Crippen LogP contribution in [0, 0.1) is 0 Å². The van der Waals surface area contributed by atoms with Gasteiger partial charge in [-0.15, -0.1) is 11.8 Å². The summed E-state index contributed by atoms with van der Waals surface area (Å²) in [7, 11) is -1.70. The van der Waals surface area contributed by atoms with Crippen molar-refractivity contribution in [3.05, 3.63) is 24.3 Å². The number of methoxy groups -OCH3 is 1. The van der Waals surface area contributed by atoms with Crippen LogP contribution in [0.4, 0.5) is 5.69 Å². The summed E-state index contributed by atoms with van der Waals surface area (Å²) < 4.78 is 31.2. The molecule has 0 fully saturated rings. The van der Waals surface area contributed by atoms with E-state index in [0.29, 0.717) is 24.6 Å². The van der Waals surface area contributed by atoms with Crippen molar-refractivity contribution in [2.24, 2.45) is 0 Å². The Hall–Kier alpha value is -0.760. The van der Waals surface area contributed by atoms with E-state index in [4.69, 9.17) is 10.5 Å². The molecule has 0 bridgehead atoms. The van der Waals surface area contributed by atoms with Gasteiger partial charge in [0.15, 0.2) is 0 Å². The summed E-state index contributed by atoms with van der Waals surface area (Å²) >= 11 is 1.50. The molecule has 1 aromatic rings. The van der Waals surface area contributed by atoms with Gasteiger partial charge in [-0.05, 0) is 32.0 Å². The van der Waals surface area contributed by atoms with Crippen molar-refractivity contribution >= 4 is 27.5 Å². The maximum Gasteiger partial charge on any atom is 0.215 e. The van der Waals surface area contributed by atoms with E-state index in [0.717, 1.165) is 4.90 Å². The van der Waals surface area contributed by atoms with Crippen molar-refractivity contribution in [1.29, 1.82) is 0 Å². The molecule has 0 aliphatic heterocycles. The number of anilines is 1. The summed E-state index contributed by atoms with van der Waals surface area (Å²) in [5.74, 6) is 0.607. The zero-order valence-corrected chi connectivity index (χ0v) is 14.4. The number of thioether (sulfide) groups is 1. The van der Waals surface area contributed by atoms with Gasteiger partial charge in [0.25, 0.3) is 0 Å². The van der Waals surface area contributed by atoms with E-state index in [1.54, 1.807) is 7.11 Å². The molecule has 0 unspecified atom stereocenters. The first kappa shape index (κ1) is 18.3. The minimum Gasteiger partial charge on any atom is -0.399 e. The van der Waals surface area contributed by atoms with E-state index in [2.05, 4.69) is 0 Å². The van der Waals surface area contributed by atoms with Gasteiger partial charge < -0.3 is 10.5 Å². The monoisotopic (exact) mass is 332 g/mol. The second-order valence-corrected chi connectivity index (χ2v) is 8.14. The number of hydrogen-bond donors (Lipinski definition) is 1. The summed E-state index contributed by atoms with van der Waals surface area (Å²) in [5, 5.41) is 0. The summed E-state index contributed by atoms with van der Waals surface area (Å²) in [6.07, 6.45) is 0. The fraction of sp³-hybridized carbons (Fsp3) is 0.571. The highest BCUT2D eigenvalue weighted by Gasteiger charge is 2.24. The fourth-order valence-corrected chi connectivity index (χ4v) is 4.92. The minimum absolute atomic E-state index is 0.0671. The highest BCUT2D eigenvalue weighted by atomic mass is 32.2. The van der Waals surface area contributed by atoms with Crippen LogP contribution in [0.25, 0.3) is 0 Å². The zero-order valence-electron chi connectivity index (χ0n) is 12.8. The van der Waals surface area contributed by atoms with Crippen LogP contribution < -0.4 is 5.73 Å². The van der Waals surface area contributed by atoms with E-state index < -0.39 is 10.0 Å². The molecule has 5 nitrogen and oxygen atoms in total. The Morgan fingerprint density at radius 1 is 1.38 bits per heavy atom. The van der Waals surface area contributed by atoms with Gasteiger partial charge in [-0.2, -0.15) is 4.31 Å². The summed E-state index contributed by atoms with van der Waals surface area (Å²) in [6.45, 7) is 4.54. The first-order chi connectivity index (χ1) is 9.86. The van der Waals surface area contributed by atoms with Crippen LogP contribution in [0.3, 0.4) is 0 Å². The lowest BCUT2D eigenvalue weighted by molar-refractivity contribution is 0.171. The molecular weight excluding hydrogens is 308 g/mol. The highest BCUT2D eigenvalue weighted by Crippen LogP contribution is 2.21. The van der Waals surface area contributed by atoms with Crippen LogP contribution in [-0.4, -0.2) is 50.5 Å². The summed E-state index contributed by atoms with van der Waals surface area (Å²) in [5.41, 5.74) is 6.39. The third kappa shape index (κ3) is 6.25. The first-order valence-corrected chi connectivity index (χ1v) is 9.43. The maximum atomic E-state index is 12.4. The maximum absolute atomic E-state index is 12.4. The van der Waals surface area contributed by atoms with Crippen molar-refractivity contribution in [2.75, 3.05) is 37.5 Å². The van der Waals surface area contributed by atoms with Gasteiger partial charge in [-0.3, -0.25) is 0 Å². The van der Waals surface area contributed by atoms with Crippen LogP contribution in [0.5, 0.6) is 0 Å². The Morgan fingerprint density at radius 3 is 2.67 bits per heavy atom. The van der Waals surface area contributed by atoms with E-state index in [1.165, 1.54) is 16.1 Å². The molecule has 0 radical (unpaired) electrons. The van der Waals surface area contributed by atoms with Gasteiger partial charge in [-0.25, -0.2) is 8.42 Å². The molecule has 0 saturated heterocycles. The number of nitrogens with two attached hydrogens (primary N) is 1. The van der Waals surface area contributed by atoms with Crippen LogP contribution in [0.15, 0.2) is 29.2 Å². The number of hydrogen-bond acceptors (Lipinski definition) is 5. The van der Waals surface area contributed by atoms with Gasteiger partial charge in [0.2, 0.25) is 10.0 Å². The molecule has 0 amide bonds. The lowest BCUT2D eigenvalue weighted by atomic mass is 10.3. The number of nitrogen functional groups attached to an aromatic ring is 1. The standard InChI is InChI=1S/C14H24N2O3S2/c1-12(2)16(7-8-19-3)21(17,18)10-9-20-14-6-4-5-13(15)11-14/h4-6,11-12H,7-10,15H2,1-3H3. The van der Waals surface area contributed by atoms with E-state index >= 15 is 0 Å². The summed E-state index contributed by atoms with van der Waals surface area (Å²) in [4.78, 5) is 0.984. The highest BCUT2D eigenvalue weighted by molar-refractivity contribution is 8.00. The molecule has 21 heavy (non-hydrogen) atoms. The van der Waals surface area contributed by atoms with Gasteiger partial charge in [-0.1, -0.05) is 6.07 Å². The Morgan fingerprint density at radius 2 is 2.10 bits per heavy atom. The minimum atomic E-state index is -3.27. The van der Waals surface area contributed by atoms with E-state index in [-0.39, 0.29) is 11.8 Å². The van der Waals surface area contributed by atoms with Gasteiger partial charge in [0, 0.05) is 36.0 Å². The second kappa shape index (κ2) is 8.63. The molecule has 7 heteroatoms. The van der Waals surface area contributed by atoms with Crippen molar-refractivity contribution in [2.45, 2.75) is 24.8 Å². The largest absolute Gasteiger partial charge is 0.399 e. The van der Waals surface area contributed by atoms with E-state index in [1.807, 2.05) is 38.1 Å². The quantitative estimate of drug-likeness (QED) is 0.553.